The van der Waals surface area contributed by atoms with Gasteiger partial charge in [0, 0.05) is 17.1 Å². The van der Waals surface area contributed by atoms with Crippen LogP contribution in [0, 0.1) is 11.3 Å². The Morgan fingerprint density at radius 1 is 0.776 bits per heavy atom. The molecule has 5 rings (SSSR count). The Hall–Kier alpha value is -5.06. The maximum Gasteiger partial charge on any atom is 0.346 e. The number of fused-ring (bicyclic) bond motifs is 1. The summed E-state index contributed by atoms with van der Waals surface area (Å²) in [6.45, 7) is 5.20. The van der Waals surface area contributed by atoms with Crippen molar-refractivity contribution in [1.82, 2.24) is 0 Å². The molecule has 1 aliphatic rings. The zero-order valence-corrected chi connectivity index (χ0v) is 29.2. The minimum atomic E-state index is -1.28. The van der Waals surface area contributed by atoms with E-state index in [0.29, 0.717) is 29.6 Å². The highest BCUT2D eigenvalue weighted by atomic mass is 32.1. The lowest BCUT2D eigenvalue weighted by Gasteiger charge is -2.26. The molecule has 0 radical (unpaired) electrons. The number of benzene rings is 3. The van der Waals surface area contributed by atoms with Gasteiger partial charge in [-0.25, -0.2) is 4.79 Å². The molecule has 0 atom stereocenters. The summed E-state index contributed by atoms with van der Waals surface area (Å²) in [4.78, 5) is 15.2. The molecule has 1 N–H and O–H groups in total. The van der Waals surface area contributed by atoms with Gasteiger partial charge in [-0.05, 0) is 84.8 Å². The summed E-state index contributed by atoms with van der Waals surface area (Å²) in [5.74, 6) is -0.226. The molecule has 0 fully saturated rings. The Labute approximate surface area is 294 Å². The van der Waals surface area contributed by atoms with Crippen molar-refractivity contribution in [1.29, 1.82) is 5.26 Å². The molecule has 0 saturated heterocycles. The Balaban J connectivity index is 1.46. The summed E-state index contributed by atoms with van der Waals surface area (Å²) in [7, 11) is 0. The molecule has 2 heterocycles. The van der Waals surface area contributed by atoms with Gasteiger partial charge in [-0.2, -0.15) is 5.26 Å². The molecule has 0 amide bonds. The van der Waals surface area contributed by atoms with Crippen LogP contribution in [-0.2, 0) is 4.79 Å². The lowest BCUT2D eigenvalue weighted by Crippen LogP contribution is -2.15. The van der Waals surface area contributed by atoms with Crippen LogP contribution in [0.4, 0.5) is 17.1 Å². The summed E-state index contributed by atoms with van der Waals surface area (Å²) in [5.41, 5.74) is 6.01. The molecule has 3 aromatic carbocycles. The van der Waals surface area contributed by atoms with Crippen molar-refractivity contribution in [2.45, 2.75) is 65.2 Å². The highest BCUT2D eigenvalue weighted by Gasteiger charge is 2.26. The Morgan fingerprint density at radius 3 is 1.73 bits per heavy atom. The smallest absolute Gasteiger partial charge is 0.346 e. The Morgan fingerprint density at radius 2 is 1.27 bits per heavy atom. The fraction of sp³-hybridized carbons (Fsp3) is 0.286. The van der Waals surface area contributed by atoms with Gasteiger partial charge in [-0.15, -0.1) is 11.3 Å². The monoisotopic (exact) mass is 672 g/mol. The van der Waals surface area contributed by atoms with Gasteiger partial charge in [0.05, 0.1) is 9.75 Å². The van der Waals surface area contributed by atoms with E-state index in [-0.39, 0.29) is 5.57 Å². The highest BCUT2D eigenvalue weighted by molar-refractivity contribution is 7.17. The van der Waals surface area contributed by atoms with Crippen LogP contribution < -0.4 is 14.4 Å². The molecule has 0 aliphatic carbocycles. The number of unbranched alkanes of at least 4 members (excludes halogenated alkanes) is 6. The van der Waals surface area contributed by atoms with Crippen molar-refractivity contribution in [2.24, 2.45) is 0 Å². The van der Waals surface area contributed by atoms with E-state index >= 15 is 0 Å². The zero-order valence-electron chi connectivity index (χ0n) is 28.4. The molecular weight excluding hydrogens is 629 g/mol. The number of hydrogen-bond donors (Lipinski definition) is 1. The van der Waals surface area contributed by atoms with Gasteiger partial charge in [0.15, 0.2) is 11.5 Å². The summed E-state index contributed by atoms with van der Waals surface area (Å²) < 4.78 is 11.9. The maximum atomic E-state index is 11.5. The maximum absolute atomic E-state index is 11.5. The number of carbonyl (C=O) groups is 1. The second-order valence-corrected chi connectivity index (χ2v) is 13.0. The third-order valence-corrected chi connectivity index (χ3v) is 9.46. The first kappa shape index (κ1) is 35.3. The van der Waals surface area contributed by atoms with Gasteiger partial charge in [0.25, 0.3) is 0 Å². The number of ether oxygens (including phenoxy) is 2. The number of carboxylic acid groups (broad SMARTS) is 1. The zero-order chi connectivity index (χ0) is 34.4. The first-order valence-corrected chi connectivity index (χ1v) is 18.0. The van der Waals surface area contributed by atoms with Crippen LogP contribution in [0.25, 0.3) is 28.7 Å². The predicted molar refractivity (Wildman–Crippen MR) is 203 cm³/mol. The van der Waals surface area contributed by atoms with Crippen molar-refractivity contribution in [3.05, 3.63) is 107 Å². The highest BCUT2D eigenvalue weighted by Crippen LogP contribution is 2.50. The van der Waals surface area contributed by atoms with Gasteiger partial charge >= 0.3 is 5.97 Å². The number of carboxylic acids is 1. The molecular formula is C42H44N2O4S. The van der Waals surface area contributed by atoms with Crippen LogP contribution in [0.15, 0.2) is 90.5 Å². The van der Waals surface area contributed by atoms with Crippen molar-refractivity contribution in [3.8, 4) is 28.0 Å². The molecule has 49 heavy (non-hydrogen) atoms. The fourth-order valence-corrected chi connectivity index (χ4v) is 6.81. The number of thiophene rings is 1. The van der Waals surface area contributed by atoms with Crippen LogP contribution >= 0.6 is 11.3 Å². The molecule has 0 bridgehead atoms. The average Bonchev–Trinajstić information content (AvgIpc) is 3.50. The molecule has 0 unspecified atom stereocenters. The number of nitrogens with zero attached hydrogens (tertiary/aromatic N) is 2. The van der Waals surface area contributed by atoms with E-state index in [1.807, 2.05) is 12.1 Å². The number of nitriles is 1. The molecule has 0 saturated carbocycles. The van der Waals surface area contributed by atoms with E-state index in [1.54, 1.807) is 6.07 Å². The molecule has 7 heteroatoms. The van der Waals surface area contributed by atoms with Crippen LogP contribution in [0.1, 0.15) is 81.2 Å². The van der Waals surface area contributed by atoms with Crippen molar-refractivity contribution < 1.29 is 19.4 Å². The summed E-state index contributed by atoms with van der Waals surface area (Å²) in [6.07, 6.45) is 19.9. The number of aliphatic carboxylic acids is 1. The molecule has 0 spiro atoms. The summed E-state index contributed by atoms with van der Waals surface area (Å²) in [5, 5.41) is 18.8. The van der Waals surface area contributed by atoms with Gasteiger partial charge in [0.1, 0.15) is 24.9 Å². The minimum absolute atomic E-state index is 0.355. The van der Waals surface area contributed by atoms with Crippen LogP contribution in [0.2, 0.25) is 0 Å². The summed E-state index contributed by atoms with van der Waals surface area (Å²) >= 11 is 1.35. The quantitative estimate of drug-likeness (QED) is 0.0724. The molecule has 1 aromatic heterocycles. The van der Waals surface area contributed by atoms with E-state index in [2.05, 4.69) is 104 Å². The average molecular weight is 673 g/mol. The number of anilines is 3. The third kappa shape index (κ3) is 9.31. The first-order valence-electron chi connectivity index (χ1n) is 17.2. The summed E-state index contributed by atoms with van der Waals surface area (Å²) in [6, 6.07) is 27.3. The second kappa shape index (κ2) is 17.9. The predicted octanol–water partition coefficient (Wildman–Crippen LogP) is 11.8. The van der Waals surface area contributed by atoms with Gasteiger partial charge in [-0.3, -0.25) is 0 Å². The fourth-order valence-electron chi connectivity index (χ4n) is 5.67. The number of rotatable bonds is 16. The topological polar surface area (TPSA) is 82.8 Å². The Kier molecular flexibility index (Phi) is 12.9. The van der Waals surface area contributed by atoms with Crippen molar-refractivity contribution in [2.75, 3.05) is 18.1 Å². The largest absolute Gasteiger partial charge is 0.485 e. The minimum Gasteiger partial charge on any atom is -0.485 e. The molecule has 4 aromatic rings. The first-order chi connectivity index (χ1) is 24.0. The van der Waals surface area contributed by atoms with E-state index in [0.717, 1.165) is 40.3 Å². The van der Waals surface area contributed by atoms with Crippen molar-refractivity contribution in [3.63, 3.8) is 0 Å². The Bertz CT molecular complexity index is 1750. The molecule has 1 aliphatic heterocycles. The number of hydrogen-bond acceptors (Lipinski definition) is 6. The van der Waals surface area contributed by atoms with Crippen LogP contribution in [0.5, 0.6) is 11.5 Å². The van der Waals surface area contributed by atoms with Crippen molar-refractivity contribution >= 4 is 52.6 Å². The lowest BCUT2D eigenvalue weighted by molar-refractivity contribution is -0.132. The SMILES string of the molecule is CCCCC/C=C/c1ccc(N(c2ccc(/C=C/CCCCC)cc2)c2ccc(-c3sc(/C=C(/C#N)C(=O)O)c4c3OCCO4)cc2)cc1. The van der Waals surface area contributed by atoms with E-state index in [9.17, 15) is 15.2 Å². The van der Waals surface area contributed by atoms with E-state index in [4.69, 9.17) is 9.47 Å². The normalized spacial score (nSPS) is 12.8. The lowest BCUT2D eigenvalue weighted by atomic mass is 10.1. The van der Waals surface area contributed by atoms with Gasteiger partial charge in [-0.1, -0.05) is 100 Å². The molecule has 252 valence electrons. The standard InChI is InChI=1S/C42H44N2O4S/c1-3-5-7-9-11-13-31-15-21-35(22-16-31)44(36-23-17-32(18-24-36)14-12-10-8-6-4-2)37-25-19-33(20-26-37)41-40-39(47-27-28-48-40)38(49-41)29-34(30-43)42(45)46/h11-26,29H,3-10,27-28H2,1-2H3,(H,45,46)/b13-11+,14-12+,34-29-. The molecule has 6 nitrogen and oxygen atoms in total. The van der Waals surface area contributed by atoms with Crippen LogP contribution in [0.3, 0.4) is 0 Å². The third-order valence-electron chi connectivity index (χ3n) is 8.31. The number of allylic oxidation sites excluding steroid dienone is 2. The van der Waals surface area contributed by atoms with Crippen LogP contribution in [-0.4, -0.2) is 24.3 Å². The van der Waals surface area contributed by atoms with E-state index in [1.165, 1.54) is 67.1 Å². The van der Waals surface area contributed by atoms with Gasteiger partial charge < -0.3 is 19.5 Å². The van der Waals surface area contributed by atoms with E-state index < -0.39 is 5.97 Å². The second-order valence-electron chi connectivity index (χ2n) is 12.0. The van der Waals surface area contributed by atoms with Gasteiger partial charge in [0.2, 0.25) is 0 Å².